The molecule has 1 radical (unpaired) electrons. The molecule has 0 spiro atoms. The number of benzene rings is 5. The molecule has 0 saturated carbocycles. The van der Waals surface area contributed by atoms with Gasteiger partial charge >= 0.3 is 0 Å². The highest BCUT2D eigenvalue weighted by molar-refractivity contribution is 6.87. The molecule has 3 heteroatoms. The van der Waals surface area contributed by atoms with Gasteiger partial charge in [0.05, 0.1) is 0 Å². The normalized spacial score (nSPS) is 12.0. The lowest BCUT2D eigenvalue weighted by molar-refractivity contribution is 0.179. The van der Waals surface area contributed by atoms with Crippen LogP contribution in [0, 0.1) is 22.9 Å². The van der Waals surface area contributed by atoms with Gasteiger partial charge in [-0.1, -0.05) is 95.8 Å². The third-order valence-corrected chi connectivity index (χ3v) is 19.6. The van der Waals surface area contributed by atoms with Gasteiger partial charge in [0.25, 0.3) is 0 Å². The Balaban J connectivity index is 2.02. The lowest BCUT2D eigenvalue weighted by Crippen LogP contribution is -2.29. The fraction of sp³-hybridized carbons (Fsp3) is 0.333. The van der Waals surface area contributed by atoms with E-state index in [1.165, 1.54) is 39.7 Å². The zero-order chi connectivity index (χ0) is 29.9. The summed E-state index contributed by atoms with van der Waals surface area (Å²) in [7, 11) is -3.39. The maximum absolute atomic E-state index is 12.2. The molecule has 5 aromatic rings. The van der Waals surface area contributed by atoms with E-state index < -0.39 is 16.1 Å². The van der Waals surface area contributed by atoms with Crippen LogP contribution in [-0.4, -0.2) is 16.1 Å². The predicted molar refractivity (Wildman–Crippen MR) is 189 cm³/mol. The minimum absolute atomic E-state index is 0.232. The first kappa shape index (κ1) is 30.1. The van der Waals surface area contributed by atoms with E-state index >= 15 is 0 Å². The third-order valence-electron chi connectivity index (χ3n) is 10.2. The fourth-order valence-corrected chi connectivity index (χ4v) is 11.4. The molecule has 42 heavy (non-hydrogen) atoms. The van der Waals surface area contributed by atoms with Crippen LogP contribution in [0.4, 0.5) is 0 Å². The van der Waals surface area contributed by atoms with Gasteiger partial charge in [-0.3, -0.25) is 0 Å². The standard InChI is InChI=1S/C39H43OSi2/c1-7-41(8-2,9-3)22-20-33-36-24-29-16-13-14-17-30(29)25-37(36)34(21-23-42(10-4,11-5)12-6)39-27-35-31(26-38(33)39)18-15-19-32(35)28-40/h13-19,24-27H,7-12,28H2,1-6H3. The molecule has 0 aromatic heterocycles. The molecule has 0 heterocycles. The maximum Gasteiger partial charge on any atom is 0.138 e. The highest BCUT2D eigenvalue weighted by Gasteiger charge is 2.26. The Hall–Kier alpha value is -3.35. The average Bonchev–Trinajstić information content (AvgIpc) is 3.04. The van der Waals surface area contributed by atoms with Gasteiger partial charge in [-0.25, -0.2) is 5.11 Å². The number of hydrogen-bond donors (Lipinski definition) is 0. The SMILES string of the molecule is CC[Si](C#Cc1c2cc3ccccc3cc2c(C#C[Si](CC)(CC)CC)c2cc3c(C[O])cccc3cc12)(CC)CC. The summed E-state index contributed by atoms with van der Waals surface area (Å²) in [4.78, 5) is 0. The molecule has 1 nitrogen and oxygen atoms in total. The Morgan fingerprint density at radius 1 is 0.500 bits per heavy atom. The third kappa shape index (κ3) is 5.31. The molecular weight excluding hydrogens is 541 g/mol. The van der Waals surface area contributed by atoms with Crippen molar-refractivity contribution in [2.24, 2.45) is 0 Å². The summed E-state index contributed by atoms with van der Waals surface area (Å²) in [5.74, 6) is 7.64. The highest BCUT2D eigenvalue weighted by atomic mass is 28.3. The van der Waals surface area contributed by atoms with Crippen molar-refractivity contribution >= 4 is 59.2 Å². The Kier molecular flexibility index (Phi) is 8.95. The first-order chi connectivity index (χ1) is 20.4. The molecule has 5 rings (SSSR count). The molecule has 213 valence electrons. The molecule has 0 amide bonds. The van der Waals surface area contributed by atoms with Gasteiger partial charge in [-0.05, 0) is 109 Å². The van der Waals surface area contributed by atoms with Crippen LogP contribution in [0.15, 0.2) is 66.7 Å². The second kappa shape index (κ2) is 12.5. The van der Waals surface area contributed by atoms with E-state index in [-0.39, 0.29) is 6.61 Å². The van der Waals surface area contributed by atoms with E-state index in [4.69, 9.17) is 0 Å². The zero-order valence-corrected chi connectivity index (χ0v) is 28.2. The van der Waals surface area contributed by atoms with Crippen LogP contribution in [0.25, 0.3) is 43.1 Å². The van der Waals surface area contributed by atoms with E-state index in [1.807, 2.05) is 12.1 Å². The van der Waals surface area contributed by atoms with Gasteiger partial charge in [-0.2, -0.15) is 0 Å². The lowest BCUT2D eigenvalue weighted by atomic mass is 9.88. The molecule has 0 fully saturated rings. The molecule has 0 atom stereocenters. The van der Waals surface area contributed by atoms with Gasteiger partial charge in [0.1, 0.15) is 22.8 Å². The van der Waals surface area contributed by atoms with Crippen LogP contribution in [-0.2, 0) is 11.7 Å². The van der Waals surface area contributed by atoms with Gasteiger partial charge in [0, 0.05) is 11.1 Å². The first-order valence-electron chi connectivity index (χ1n) is 15.9. The van der Waals surface area contributed by atoms with Crippen LogP contribution < -0.4 is 0 Å². The van der Waals surface area contributed by atoms with Gasteiger partial charge < -0.3 is 0 Å². The second-order valence-corrected chi connectivity index (χ2v) is 21.7. The van der Waals surface area contributed by atoms with Crippen LogP contribution in [0.3, 0.4) is 0 Å². The zero-order valence-electron chi connectivity index (χ0n) is 26.2. The fourth-order valence-electron chi connectivity index (χ4n) is 6.56. The summed E-state index contributed by atoms with van der Waals surface area (Å²) in [6, 6.07) is 30.9. The van der Waals surface area contributed by atoms with Crippen LogP contribution in [0.5, 0.6) is 0 Å². The van der Waals surface area contributed by atoms with E-state index in [2.05, 4.69) is 119 Å². The Morgan fingerprint density at radius 3 is 1.33 bits per heavy atom. The first-order valence-corrected chi connectivity index (χ1v) is 21.1. The Bertz CT molecular complexity index is 1890. The summed E-state index contributed by atoms with van der Waals surface area (Å²) in [6.07, 6.45) is 0. The molecule has 0 unspecified atom stereocenters. The lowest BCUT2D eigenvalue weighted by Gasteiger charge is -2.21. The summed E-state index contributed by atoms with van der Waals surface area (Å²) in [5.41, 5.74) is 10.9. The van der Waals surface area contributed by atoms with E-state index in [9.17, 15) is 5.11 Å². The van der Waals surface area contributed by atoms with Crippen molar-refractivity contribution in [1.82, 2.24) is 0 Å². The molecule has 0 aliphatic heterocycles. The number of hydrogen-bond acceptors (Lipinski definition) is 0. The van der Waals surface area contributed by atoms with Crippen LogP contribution in [0.2, 0.25) is 36.3 Å². The summed E-state index contributed by atoms with van der Waals surface area (Å²) < 4.78 is 0. The monoisotopic (exact) mass is 583 g/mol. The molecule has 0 aliphatic rings. The average molecular weight is 584 g/mol. The Morgan fingerprint density at radius 2 is 0.905 bits per heavy atom. The minimum atomic E-state index is -1.70. The van der Waals surface area contributed by atoms with Crippen molar-refractivity contribution in [3.8, 4) is 22.9 Å². The predicted octanol–water partition coefficient (Wildman–Crippen LogP) is 11.0. The summed E-state index contributed by atoms with van der Waals surface area (Å²) in [5, 5.41) is 21.5. The quantitative estimate of drug-likeness (QED) is 0.103. The van der Waals surface area contributed by atoms with Gasteiger partial charge in [0.15, 0.2) is 0 Å². The molecule has 0 N–H and O–H groups in total. The van der Waals surface area contributed by atoms with Crippen molar-refractivity contribution in [3.63, 3.8) is 0 Å². The van der Waals surface area contributed by atoms with Gasteiger partial charge in [-0.15, -0.1) is 11.1 Å². The maximum atomic E-state index is 12.2. The highest BCUT2D eigenvalue weighted by Crippen LogP contribution is 2.38. The number of fused-ring (bicyclic) bond motifs is 4. The van der Waals surface area contributed by atoms with Crippen molar-refractivity contribution in [3.05, 3.63) is 83.4 Å². The van der Waals surface area contributed by atoms with Crippen molar-refractivity contribution in [2.75, 3.05) is 0 Å². The van der Waals surface area contributed by atoms with Crippen LogP contribution >= 0.6 is 0 Å². The molecule has 0 aliphatic carbocycles. The van der Waals surface area contributed by atoms with Crippen molar-refractivity contribution in [1.29, 1.82) is 0 Å². The topological polar surface area (TPSA) is 19.9 Å². The smallest absolute Gasteiger partial charge is 0.138 e. The molecule has 5 aromatic carbocycles. The van der Waals surface area contributed by atoms with Crippen LogP contribution in [0.1, 0.15) is 58.2 Å². The van der Waals surface area contributed by atoms with Gasteiger partial charge in [0.2, 0.25) is 0 Å². The molecule has 0 saturated heterocycles. The van der Waals surface area contributed by atoms with E-state index in [0.717, 1.165) is 56.4 Å². The molecular formula is C39H43OSi2. The Labute approximate surface area is 254 Å². The molecule has 0 bridgehead atoms. The summed E-state index contributed by atoms with van der Waals surface area (Å²) in [6.45, 7) is 13.7. The van der Waals surface area contributed by atoms with E-state index in [0.29, 0.717) is 0 Å². The van der Waals surface area contributed by atoms with Crippen molar-refractivity contribution in [2.45, 2.75) is 84.4 Å². The minimum Gasteiger partial charge on any atom is -0.232 e. The second-order valence-electron chi connectivity index (χ2n) is 11.9. The van der Waals surface area contributed by atoms with E-state index in [1.54, 1.807) is 0 Å². The van der Waals surface area contributed by atoms with Crippen molar-refractivity contribution < 1.29 is 5.11 Å². The number of rotatable bonds is 7. The largest absolute Gasteiger partial charge is 0.232 e. The summed E-state index contributed by atoms with van der Waals surface area (Å²) >= 11 is 0.